The lowest BCUT2D eigenvalue weighted by Gasteiger charge is -2.27. The van der Waals surface area contributed by atoms with Crippen LogP contribution in [-0.4, -0.2) is 4.57 Å². The molecule has 0 bridgehead atoms. The van der Waals surface area contributed by atoms with Crippen molar-refractivity contribution >= 4 is 66.7 Å². The maximum atomic E-state index is 2.36. The summed E-state index contributed by atoms with van der Waals surface area (Å²) < 4.78 is 2.36. The quantitative estimate of drug-likeness (QED) is 0.156. The molecule has 0 aliphatic heterocycles. The van der Waals surface area contributed by atoms with E-state index < -0.39 is 0 Å². The van der Waals surface area contributed by atoms with E-state index in [0.717, 1.165) is 39.8 Å². The van der Waals surface area contributed by atoms with E-state index in [1.54, 1.807) is 0 Å². The summed E-state index contributed by atoms with van der Waals surface area (Å²) in [6.45, 7) is 0. The number of fused-ring (bicyclic) bond motifs is 4. The lowest BCUT2D eigenvalue weighted by molar-refractivity contribution is 1.18. The summed E-state index contributed by atoms with van der Waals surface area (Å²) in [5.74, 6) is 0. The van der Waals surface area contributed by atoms with Gasteiger partial charge in [0.1, 0.15) is 0 Å². The minimum Gasteiger partial charge on any atom is -0.310 e. The Bertz CT molecular complexity index is 2890. The van der Waals surface area contributed by atoms with Crippen LogP contribution in [0, 0.1) is 0 Å². The van der Waals surface area contributed by atoms with Crippen LogP contribution in [0.3, 0.4) is 0 Å². The standard InChI is InChI=1S/C52H37N3/c1-4-17-41(18-5-1)53(46-35-36-52-49(37-46)48-24-12-13-25-51(48)55(52)43-21-8-3-9-22-43)44-31-27-38(28-32-44)39-29-33-45(34-30-39)54(42-19-6-2-7-20-42)50-26-14-16-40-15-10-11-23-47(40)50/h1-37H. The molecular formula is C52H37N3. The van der Waals surface area contributed by atoms with Crippen LogP contribution in [-0.2, 0) is 0 Å². The summed E-state index contributed by atoms with van der Waals surface area (Å²) in [5.41, 5.74) is 12.6. The van der Waals surface area contributed by atoms with Crippen LogP contribution in [0.5, 0.6) is 0 Å². The summed E-state index contributed by atoms with van der Waals surface area (Å²) >= 11 is 0. The molecule has 0 aliphatic rings. The molecule has 3 nitrogen and oxygen atoms in total. The van der Waals surface area contributed by atoms with Gasteiger partial charge in [0, 0.05) is 50.3 Å². The van der Waals surface area contributed by atoms with Gasteiger partial charge in [0.25, 0.3) is 0 Å². The van der Waals surface area contributed by atoms with E-state index in [9.17, 15) is 0 Å². The van der Waals surface area contributed by atoms with Crippen molar-refractivity contribution in [3.63, 3.8) is 0 Å². The number of benzene rings is 9. The lowest BCUT2D eigenvalue weighted by atomic mass is 10.0. The van der Waals surface area contributed by atoms with Gasteiger partial charge in [-0.1, -0.05) is 133 Å². The van der Waals surface area contributed by atoms with E-state index in [-0.39, 0.29) is 0 Å². The van der Waals surface area contributed by atoms with Gasteiger partial charge < -0.3 is 14.4 Å². The van der Waals surface area contributed by atoms with Crippen molar-refractivity contribution in [1.82, 2.24) is 4.57 Å². The Morgan fingerprint density at radius 1 is 0.291 bits per heavy atom. The van der Waals surface area contributed by atoms with Gasteiger partial charge in [-0.2, -0.15) is 0 Å². The highest BCUT2D eigenvalue weighted by molar-refractivity contribution is 6.10. The molecule has 0 unspecified atom stereocenters. The number of hydrogen-bond donors (Lipinski definition) is 0. The van der Waals surface area contributed by atoms with Crippen molar-refractivity contribution in [3.8, 4) is 16.8 Å². The van der Waals surface area contributed by atoms with Crippen molar-refractivity contribution < 1.29 is 0 Å². The van der Waals surface area contributed by atoms with Crippen molar-refractivity contribution in [3.05, 3.63) is 224 Å². The molecule has 0 aliphatic carbocycles. The third kappa shape index (κ3) is 5.89. The minimum absolute atomic E-state index is 1.10. The Kier molecular flexibility index (Phi) is 8.16. The Labute approximate surface area is 321 Å². The van der Waals surface area contributed by atoms with Gasteiger partial charge in [-0.25, -0.2) is 0 Å². The predicted molar refractivity (Wildman–Crippen MR) is 233 cm³/mol. The number of para-hydroxylation sites is 4. The molecule has 0 saturated carbocycles. The maximum absolute atomic E-state index is 2.36. The molecule has 9 aromatic carbocycles. The molecule has 0 saturated heterocycles. The predicted octanol–water partition coefficient (Wildman–Crippen LogP) is 14.5. The van der Waals surface area contributed by atoms with Crippen LogP contribution in [0.25, 0.3) is 49.4 Å². The lowest BCUT2D eigenvalue weighted by Crippen LogP contribution is -2.10. The van der Waals surface area contributed by atoms with Gasteiger partial charge in [-0.05, 0) is 108 Å². The SMILES string of the molecule is c1ccc(N(c2ccc(-c3ccc(N(c4ccccc4)c4cccc5ccccc45)cc3)cc2)c2ccc3c(c2)c2ccccc2n3-c2ccccc2)cc1. The molecule has 55 heavy (non-hydrogen) atoms. The Morgan fingerprint density at radius 2 is 0.764 bits per heavy atom. The van der Waals surface area contributed by atoms with Gasteiger partial charge in [-0.3, -0.25) is 0 Å². The number of aromatic nitrogens is 1. The Hall–Kier alpha value is -7.36. The first-order valence-electron chi connectivity index (χ1n) is 18.8. The second-order valence-corrected chi connectivity index (χ2v) is 13.8. The van der Waals surface area contributed by atoms with Gasteiger partial charge in [0.15, 0.2) is 0 Å². The van der Waals surface area contributed by atoms with E-state index in [1.807, 2.05) is 0 Å². The van der Waals surface area contributed by atoms with Crippen molar-refractivity contribution in [2.75, 3.05) is 9.80 Å². The van der Waals surface area contributed by atoms with E-state index in [2.05, 4.69) is 239 Å². The fourth-order valence-corrected chi connectivity index (χ4v) is 7.99. The van der Waals surface area contributed by atoms with Crippen molar-refractivity contribution in [2.45, 2.75) is 0 Å². The molecule has 0 radical (unpaired) electrons. The topological polar surface area (TPSA) is 11.4 Å². The molecule has 260 valence electrons. The zero-order valence-electron chi connectivity index (χ0n) is 30.2. The molecule has 3 heteroatoms. The zero-order valence-corrected chi connectivity index (χ0v) is 30.2. The number of nitrogens with zero attached hydrogens (tertiary/aromatic N) is 3. The van der Waals surface area contributed by atoms with Crippen LogP contribution in [0.1, 0.15) is 0 Å². The Morgan fingerprint density at radius 3 is 1.44 bits per heavy atom. The number of anilines is 6. The normalized spacial score (nSPS) is 11.3. The number of rotatable bonds is 8. The van der Waals surface area contributed by atoms with Crippen molar-refractivity contribution in [2.24, 2.45) is 0 Å². The highest BCUT2D eigenvalue weighted by atomic mass is 15.1. The summed E-state index contributed by atoms with van der Waals surface area (Å²) in [5, 5.41) is 4.91. The van der Waals surface area contributed by atoms with E-state index in [4.69, 9.17) is 0 Å². The second kappa shape index (κ2) is 13.9. The van der Waals surface area contributed by atoms with Crippen LogP contribution in [0.2, 0.25) is 0 Å². The fourth-order valence-electron chi connectivity index (χ4n) is 7.99. The van der Waals surface area contributed by atoms with Crippen LogP contribution < -0.4 is 9.80 Å². The average Bonchev–Trinajstić information content (AvgIpc) is 3.59. The highest BCUT2D eigenvalue weighted by Crippen LogP contribution is 2.42. The summed E-state index contributed by atoms with van der Waals surface area (Å²) in [6.07, 6.45) is 0. The first-order valence-corrected chi connectivity index (χ1v) is 18.8. The molecule has 10 rings (SSSR count). The molecule has 0 amide bonds. The second-order valence-electron chi connectivity index (χ2n) is 13.8. The largest absolute Gasteiger partial charge is 0.310 e. The smallest absolute Gasteiger partial charge is 0.0542 e. The molecule has 10 aromatic rings. The molecule has 0 atom stereocenters. The van der Waals surface area contributed by atoms with Gasteiger partial charge >= 0.3 is 0 Å². The van der Waals surface area contributed by atoms with Crippen LogP contribution >= 0.6 is 0 Å². The first kappa shape index (κ1) is 32.3. The molecule has 0 spiro atoms. The molecule has 0 fully saturated rings. The zero-order chi connectivity index (χ0) is 36.6. The summed E-state index contributed by atoms with van der Waals surface area (Å²) in [7, 11) is 0. The molecular weight excluding hydrogens is 667 g/mol. The van der Waals surface area contributed by atoms with Crippen LogP contribution in [0.15, 0.2) is 224 Å². The summed E-state index contributed by atoms with van der Waals surface area (Å²) in [6, 6.07) is 80.4. The number of hydrogen-bond acceptors (Lipinski definition) is 2. The van der Waals surface area contributed by atoms with Gasteiger partial charge in [0.05, 0.1) is 16.7 Å². The maximum Gasteiger partial charge on any atom is 0.0542 e. The minimum atomic E-state index is 1.10. The third-order valence-electron chi connectivity index (χ3n) is 10.5. The van der Waals surface area contributed by atoms with Crippen LogP contribution in [0.4, 0.5) is 34.1 Å². The average molecular weight is 704 g/mol. The third-order valence-corrected chi connectivity index (χ3v) is 10.5. The van der Waals surface area contributed by atoms with E-state index in [0.29, 0.717) is 0 Å². The van der Waals surface area contributed by atoms with E-state index >= 15 is 0 Å². The van der Waals surface area contributed by atoms with Gasteiger partial charge in [0.2, 0.25) is 0 Å². The Balaban J connectivity index is 1.02. The van der Waals surface area contributed by atoms with E-state index in [1.165, 1.54) is 43.7 Å². The monoisotopic (exact) mass is 703 g/mol. The molecule has 0 N–H and O–H groups in total. The highest BCUT2D eigenvalue weighted by Gasteiger charge is 2.18. The first-order chi connectivity index (χ1) is 27.3. The fraction of sp³-hybridized carbons (Fsp3) is 0. The summed E-state index contributed by atoms with van der Waals surface area (Å²) in [4.78, 5) is 4.70. The van der Waals surface area contributed by atoms with Crippen molar-refractivity contribution in [1.29, 1.82) is 0 Å². The molecule has 1 aromatic heterocycles. The van der Waals surface area contributed by atoms with Gasteiger partial charge in [-0.15, -0.1) is 0 Å². The molecule has 1 heterocycles.